The molecule has 1 aromatic heterocycles. The molecule has 0 saturated carbocycles. The van der Waals surface area contributed by atoms with Gasteiger partial charge in [0.1, 0.15) is 5.76 Å². The highest BCUT2D eigenvalue weighted by atomic mass is 35.5. The molecule has 0 aliphatic carbocycles. The molecule has 2 atom stereocenters. The van der Waals surface area contributed by atoms with Crippen LogP contribution in [-0.2, 0) is 16.0 Å². The molecule has 0 bridgehead atoms. The lowest BCUT2D eigenvalue weighted by Gasteiger charge is -2.27. The first kappa shape index (κ1) is 19.0. The number of rotatable bonds is 7. The largest absolute Gasteiger partial charge is 0.469 e. The molecule has 1 amide bonds. The first-order valence-electron chi connectivity index (χ1n) is 9.28. The molecule has 3 rings (SSSR count). The zero-order chi connectivity index (χ0) is 18.4. The van der Waals surface area contributed by atoms with Crippen molar-refractivity contribution in [2.75, 3.05) is 20.2 Å². The van der Waals surface area contributed by atoms with Crippen molar-refractivity contribution in [3.63, 3.8) is 0 Å². The molecular formula is C21H26ClNO3. The van der Waals surface area contributed by atoms with Gasteiger partial charge in [0.2, 0.25) is 5.91 Å². The van der Waals surface area contributed by atoms with Gasteiger partial charge < -0.3 is 14.1 Å². The highest BCUT2D eigenvalue weighted by Crippen LogP contribution is 2.25. The molecule has 140 valence electrons. The minimum absolute atomic E-state index is 0.0968. The third-order valence-corrected chi connectivity index (χ3v) is 5.24. The van der Waals surface area contributed by atoms with Gasteiger partial charge in [-0.3, -0.25) is 4.79 Å². The van der Waals surface area contributed by atoms with Crippen LogP contribution in [0.1, 0.15) is 42.9 Å². The fourth-order valence-corrected chi connectivity index (χ4v) is 3.55. The number of halogens is 1. The Morgan fingerprint density at radius 3 is 2.73 bits per heavy atom. The Bertz CT molecular complexity index is 678. The van der Waals surface area contributed by atoms with E-state index in [-0.39, 0.29) is 17.9 Å². The summed E-state index contributed by atoms with van der Waals surface area (Å²) in [4.78, 5) is 15.0. The maximum Gasteiger partial charge on any atom is 0.230 e. The maximum atomic E-state index is 13.1. The van der Waals surface area contributed by atoms with E-state index >= 15 is 0 Å². The van der Waals surface area contributed by atoms with Crippen LogP contribution in [0.25, 0.3) is 0 Å². The summed E-state index contributed by atoms with van der Waals surface area (Å²) in [6.45, 7) is 1.54. The second kappa shape index (κ2) is 9.24. The Hall–Kier alpha value is -1.78. The number of hydrogen-bond acceptors (Lipinski definition) is 3. The number of nitrogens with zero attached hydrogens (tertiary/aromatic N) is 1. The molecule has 2 heterocycles. The van der Waals surface area contributed by atoms with Crippen LogP contribution in [-0.4, -0.2) is 37.1 Å². The smallest absolute Gasteiger partial charge is 0.230 e. The van der Waals surface area contributed by atoms with Crippen molar-refractivity contribution in [1.82, 2.24) is 4.90 Å². The van der Waals surface area contributed by atoms with E-state index in [2.05, 4.69) is 0 Å². The molecule has 0 spiro atoms. The van der Waals surface area contributed by atoms with Gasteiger partial charge in [0.25, 0.3) is 0 Å². The van der Waals surface area contributed by atoms with Crippen LogP contribution in [0.2, 0.25) is 5.02 Å². The van der Waals surface area contributed by atoms with Crippen LogP contribution < -0.4 is 0 Å². The zero-order valence-corrected chi connectivity index (χ0v) is 16.0. The number of likely N-dealkylation sites (N-methyl/N-ethyl adjacent to an activating group) is 1. The van der Waals surface area contributed by atoms with Crippen LogP contribution in [0.15, 0.2) is 47.1 Å². The van der Waals surface area contributed by atoms with E-state index in [9.17, 15) is 4.79 Å². The van der Waals surface area contributed by atoms with Crippen molar-refractivity contribution < 1.29 is 13.9 Å². The Kier molecular flexibility index (Phi) is 6.75. The summed E-state index contributed by atoms with van der Waals surface area (Å²) < 4.78 is 11.3. The second-order valence-electron chi connectivity index (χ2n) is 6.92. The molecular weight excluding hydrogens is 350 g/mol. The minimum atomic E-state index is -0.282. The summed E-state index contributed by atoms with van der Waals surface area (Å²) >= 11 is 6.01. The van der Waals surface area contributed by atoms with Gasteiger partial charge in [-0.2, -0.15) is 0 Å². The van der Waals surface area contributed by atoms with Gasteiger partial charge in [-0.15, -0.1) is 0 Å². The quantitative estimate of drug-likeness (QED) is 0.705. The fraction of sp³-hybridized carbons (Fsp3) is 0.476. The van der Waals surface area contributed by atoms with E-state index in [1.165, 1.54) is 6.42 Å². The second-order valence-corrected chi connectivity index (χ2v) is 7.36. The molecule has 2 unspecified atom stereocenters. The Balaban J connectivity index is 1.67. The Labute approximate surface area is 160 Å². The molecule has 1 saturated heterocycles. The van der Waals surface area contributed by atoms with Crippen molar-refractivity contribution in [3.8, 4) is 0 Å². The molecule has 1 aliphatic heterocycles. The van der Waals surface area contributed by atoms with E-state index in [0.29, 0.717) is 18.0 Å². The van der Waals surface area contributed by atoms with Crippen LogP contribution in [0, 0.1) is 0 Å². The van der Waals surface area contributed by atoms with Gasteiger partial charge in [-0.25, -0.2) is 0 Å². The minimum Gasteiger partial charge on any atom is -0.469 e. The van der Waals surface area contributed by atoms with Crippen molar-refractivity contribution in [2.24, 2.45) is 0 Å². The zero-order valence-electron chi connectivity index (χ0n) is 15.2. The van der Waals surface area contributed by atoms with Gasteiger partial charge >= 0.3 is 0 Å². The lowest BCUT2D eigenvalue weighted by molar-refractivity contribution is -0.132. The van der Waals surface area contributed by atoms with E-state index in [4.69, 9.17) is 20.8 Å². The third kappa shape index (κ3) is 5.12. The molecule has 0 radical (unpaired) electrons. The summed E-state index contributed by atoms with van der Waals surface area (Å²) in [6, 6.07) is 11.3. The van der Waals surface area contributed by atoms with Gasteiger partial charge in [0.05, 0.1) is 18.3 Å². The number of hydrogen-bond donors (Lipinski definition) is 0. The van der Waals surface area contributed by atoms with Gasteiger partial charge in [0.15, 0.2) is 0 Å². The van der Waals surface area contributed by atoms with Gasteiger partial charge in [0, 0.05) is 31.6 Å². The topological polar surface area (TPSA) is 42.7 Å². The van der Waals surface area contributed by atoms with Crippen molar-refractivity contribution in [2.45, 2.75) is 44.1 Å². The number of amides is 1. The predicted octanol–water partition coefficient (Wildman–Crippen LogP) is 4.68. The molecule has 1 aliphatic rings. The Morgan fingerprint density at radius 2 is 2.08 bits per heavy atom. The van der Waals surface area contributed by atoms with Crippen molar-refractivity contribution >= 4 is 17.5 Å². The highest BCUT2D eigenvalue weighted by molar-refractivity contribution is 6.30. The number of carbonyl (C=O) groups is 1. The first-order valence-corrected chi connectivity index (χ1v) is 9.65. The summed E-state index contributed by atoms with van der Waals surface area (Å²) in [5, 5.41) is 0.667. The highest BCUT2D eigenvalue weighted by Gasteiger charge is 2.26. The van der Waals surface area contributed by atoms with E-state index in [1.807, 2.05) is 48.3 Å². The summed E-state index contributed by atoms with van der Waals surface area (Å²) in [5.74, 6) is 0.623. The maximum absolute atomic E-state index is 13.1. The van der Waals surface area contributed by atoms with Crippen LogP contribution in [0.3, 0.4) is 0 Å². The summed E-state index contributed by atoms with van der Waals surface area (Å²) in [5.41, 5.74) is 0.955. The van der Waals surface area contributed by atoms with Crippen molar-refractivity contribution in [3.05, 3.63) is 59.0 Å². The molecule has 26 heavy (non-hydrogen) atoms. The number of carbonyl (C=O) groups excluding carboxylic acids is 1. The monoisotopic (exact) mass is 375 g/mol. The molecule has 1 fully saturated rings. The number of furan rings is 1. The third-order valence-electron chi connectivity index (χ3n) is 4.99. The average molecular weight is 376 g/mol. The molecule has 1 aromatic carbocycles. The lowest BCUT2D eigenvalue weighted by Crippen LogP contribution is -2.35. The summed E-state index contributed by atoms with van der Waals surface area (Å²) in [6.07, 6.45) is 6.80. The van der Waals surface area contributed by atoms with E-state index < -0.39 is 0 Å². The summed E-state index contributed by atoms with van der Waals surface area (Å²) in [7, 11) is 1.87. The molecule has 4 nitrogen and oxygen atoms in total. The number of benzene rings is 1. The van der Waals surface area contributed by atoms with Crippen LogP contribution in [0.4, 0.5) is 0 Å². The van der Waals surface area contributed by atoms with Crippen LogP contribution >= 0.6 is 11.6 Å². The predicted molar refractivity (Wildman–Crippen MR) is 102 cm³/mol. The normalized spacial score (nSPS) is 18.5. The molecule has 0 N–H and O–H groups in total. The Morgan fingerprint density at radius 1 is 1.27 bits per heavy atom. The first-order chi connectivity index (χ1) is 12.6. The standard InChI is InChI=1S/C21H26ClNO3/c1-23(12-11-18-5-2-3-13-25-18)21(24)20(15-19-6-4-14-26-19)16-7-9-17(22)10-8-16/h4,6-10,14,18,20H,2-3,5,11-13,15H2,1H3. The SMILES string of the molecule is CN(CCC1CCCCO1)C(=O)C(Cc1ccco1)c1ccc(Cl)cc1. The lowest BCUT2D eigenvalue weighted by atomic mass is 9.93. The average Bonchev–Trinajstić information content (AvgIpc) is 3.18. The fourth-order valence-electron chi connectivity index (χ4n) is 3.42. The van der Waals surface area contributed by atoms with Gasteiger partial charge in [-0.05, 0) is 55.5 Å². The molecule has 2 aromatic rings. The van der Waals surface area contributed by atoms with E-state index in [0.717, 1.165) is 37.2 Å². The number of ether oxygens (including phenoxy) is 1. The van der Waals surface area contributed by atoms with E-state index in [1.54, 1.807) is 6.26 Å². The van der Waals surface area contributed by atoms with Crippen LogP contribution in [0.5, 0.6) is 0 Å². The van der Waals surface area contributed by atoms with Crippen molar-refractivity contribution in [1.29, 1.82) is 0 Å². The van der Waals surface area contributed by atoms with Gasteiger partial charge in [-0.1, -0.05) is 23.7 Å². The molecule has 5 heteroatoms.